The van der Waals surface area contributed by atoms with Crippen molar-refractivity contribution in [1.82, 2.24) is 15.1 Å². The Bertz CT molecular complexity index is 369. The third-order valence-electron chi connectivity index (χ3n) is 3.47. The summed E-state index contributed by atoms with van der Waals surface area (Å²) in [6.45, 7) is 9.72. The fraction of sp³-hybridized carbons (Fsp3) is 0.769. The van der Waals surface area contributed by atoms with E-state index in [0.29, 0.717) is 5.92 Å². The van der Waals surface area contributed by atoms with Crippen LogP contribution in [0.3, 0.4) is 0 Å². The number of hydrogen-bond donors (Lipinski definition) is 2. The second-order valence-corrected chi connectivity index (χ2v) is 6.08. The monoisotopic (exact) mass is 236 g/mol. The number of rotatable bonds is 2. The molecular weight excluding hydrogens is 212 g/mol. The second-order valence-electron chi connectivity index (χ2n) is 6.08. The molecule has 1 aromatic heterocycles. The molecule has 0 radical (unpaired) electrons. The largest absolute Gasteiger partial charge is 0.384 e. The fourth-order valence-corrected chi connectivity index (χ4v) is 2.25. The third kappa shape index (κ3) is 3.00. The van der Waals surface area contributed by atoms with E-state index in [0.717, 1.165) is 31.1 Å². The van der Waals surface area contributed by atoms with Crippen LogP contribution in [-0.2, 0) is 12.0 Å². The van der Waals surface area contributed by atoms with Crippen molar-refractivity contribution in [2.45, 2.75) is 45.6 Å². The van der Waals surface area contributed by atoms with Gasteiger partial charge in [0.15, 0.2) is 0 Å². The highest BCUT2D eigenvalue weighted by Gasteiger charge is 2.21. The summed E-state index contributed by atoms with van der Waals surface area (Å²) in [4.78, 5) is 0. The van der Waals surface area contributed by atoms with Gasteiger partial charge in [0.2, 0.25) is 0 Å². The number of nitrogens with zero attached hydrogens (tertiary/aromatic N) is 2. The normalized spacial score (nSPS) is 18.5. The summed E-state index contributed by atoms with van der Waals surface area (Å²) >= 11 is 0. The van der Waals surface area contributed by atoms with Crippen molar-refractivity contribution >= 4 is 5.82 Å². The zero-order chi connectivity index (χ0) is 12.5. The zero-order valence-corrected chi connectivity index (χ0v) is 11.2. The van der Waals surface area contributed by atoms with Gasteiger partial charge in [-0.3, -0.25) is 0 Å². The van der Waals surface area contributed by atoms with Gasteiger partial charge in [-0.25, -0.2) is 4.68 Å². The Labute approximate surface area is 104 Å². The topological polar surface area (TPSA) is 55.9 Å². The van der Waals surface area contributed by atoms with E-state index in [1.54, 1.807) is 0 Å². The Balaban J connectivity index is 2.07. The first-order valence-electron chi connectivity index (χ1n) is 6.51. The fourth-order valence-electron chi connectivity index (χ4n) is 2.25. The van der Waals surface area contributed by atoms with E-state index in [1.807, 2.05) is 10.7 Å². The third-order valence-corrected chi connectivity index (χ3v) is 3.47. The van der Waals surface area contributed by atoms with Crippen LogP contribution >= 0.6 is 0 Å². The van der Waals surface area contributed by atoms with Crippen LogP contribution in [0.15, 0.2) is 6.07 Å². The molecule has 1 aliphatic heterocycles. The minimum absolute atomic E-state index is 0.0769. The zero-order valence-electron chi connectivity index (χ0n) is 11.2. The lowest BCUT2D eigenvalue weighted by molar-refractivity contribution is 0.321. The Kier molecular flexibility index (Phi) is 3.43. The highest BCUT2D eigenvalue weighted by molar-refractivity contribution is 5.33. The second kappa shape index (κ2) is 4.69. The molecule has 3 N–H and O–H groups in total. The molecule has 0 saturated carbocycles. The molecule has 0 spiro atoms. The lowest BCUT2D eigenvalue weighted by atomic mass is 9.92. The minimum Gasteiger partial charge on any atom is -0.384 e. The number of nitrogens with two attached hydrogens (primary N) is 1. The number of aromatic nitrogens is 2. The molecular formula is C13H24N4. The van der Waals surface area contributed by atoms with Crippen LogP contribution in [0.5, 0.6) is 0 Å². The van der Waals surface area contributed by atoms with Crippen molar-refractivity contribution in [2.24, 2.45) is 5.92 Å². The van der Waals surface area contributed by atoms with Crippen LogP contribution in [-0.4, -0.2) is 22.9 Å². The molecule has 4 nitrogen and oxygen atoms in total. The highest BCUT2D eigenvalue weighted by atomic mass is 15.3. The average molecular weight is 236 g/mol. The maximum Gasteiger partial charge on any atom is 0.121 e. The molecule has 96 valence electrons. The van der Waals surface area contributed by atoms with Gasteiger partial charge in [0.05, 0.1) is 5.69 Å². The summed E-state index contributed by atoms with van der Waals surface area (Å²) in [7, 11) is 0. The number of anilines is 1. The first-order chi connectivity index (χ1) is 7.97. The molecule has 1 fully saturated rings. The van der Waals surface area contributed by atoms with Crippen LogP contribution in [0, 0.1) is 5.92 Å². The summed E-state index contributed by atoms with van der Waals surface area (Å²) in [5.41, 5.74) is 7.20. The number of hydrogen-bond acceptors (Lipinski definition) is 3. The quantitative estimate of drug-likeness (QED) is 0.822. The molecule has 2 rings (SSSR count). The molecule has 0 amide bonds. The molecule has 0 unspecified atom stereocenters. The van der Waals surface area contributed by atoms with E-state index in [4.69, 9.17) is 5.73 Å². The Morgan fingerprint density at radius 1 is 1.41 bits per heavy atom. The first kappa shape index (κ1) is 12.4. The van der Waals surface area contributed by atoms with Crippen LogP contribution in [0.25, 0.3) is 0 Å². The molecule has 17 heavy (non-hydrogen) atoms. The summed E-state index contributed by atoms with van der Waals surface area (Å²) in [5.74, 6) is 1.51. The van der Waals surface area contributed by atoms with Crippen molar-refractivity contribution in [1.29, 1.82) is 0 Å². The first-order valence-corrected chi connectivity index (χ1v) is 6.51. The van der Waals surface area contributed by atoms with Crippen LogP contribution < -0.4 is 11.1 Å². The van der Waals surface area contributed by atoms with Crippen LogP contribution in [0.4, 0.5) is 5.82 Å². The molecule has 1 aliphatic rings. The van der Waals surface area contributed by atoms with Crippen LogP contribution in [0.1, 0.15) is 39.3 Å². The lowest BCUT2D eigenvalue weighted by Gasteiger charge is -2.23. The molecule has 2 heterocycles. The van der Waals surface area contributed by atoms with E-state index in [1.165, 1.54) is 12.8 Å². The van der Waals surface area contributed by atoms with Gasteiger partial charge in [-0.2, -0.15) is 5.10 Å². The minimum atomic E-state index is 0.0769. The number of piperidine rings is 1. The van der Waals surface area contributed by atoms with Gasteiger partial charge >= 0.3 is 0 Å². The van der Waals surface area contributed by atoms with E-state index in [-0.39, 0.29) is 5.41 Å². The maximum atomic E-state index is 6.04. The predicted molar refractivity (Wildman–Crippen MR) is 70.9 cm³/mol. The molecule has 1 saturated heterocycles. The van der Waals surface area contributed by atoms with E-state index < -0.39 is 0 Å². The van der Waals surface area contributed by atoms with Gasteiger partial charge in [-0.15, -0.1) is 0 Å². The lowest BCUT2D eigenvalue weighted by Crippen LogP contribution is -2.30. The molecule has 0 aromatic carbocycles. The SMILES string of the molecule is CC(C)(C)c1cc(N)n(CC2CCNCC2)n1. The summed E-state index contributed by atoms with van der Waals surface area (Å²) in [6.07, 6.45) is 2.45. The van der Waals surface area contributed by atoms with E-state index >= 15 is 0 Å². The Morgan fingerprint density at radius 3 is 2.59 bits per heavy atom. The maximum absolute atomic E-state index is 6.04. The van der Waals surface area contributed by atoms with E-state index in [2.05, 4.69) is 31.2 Å². The molecule has 0 atom stereocenters. The van der Waals surface area contributed by atoms with Crippen molar-refractivity contribution in [3.05, 3.63) is 11.8 Å². The average Bonchev–Trinajstić information content (AvgIpc) is 2.62. The van der Waals surface area contributed by atoms with Crippen molar-refractivity contribution in [2.75, 3.05) is 18.8 Å². The summed E-state index contributed by atoms with van der Waals surface area (Å²) in [6, 6.07) is 2.01. The van der Waals surface area contributed by atoms with Gasteiger partial charge < -0.3 is 11.1 Å². The molecule has 0 bridgehead atoms. The van der Waals surface area contributed by atoms with Gasteiger partial charge in [0.25, 0.3) is 0 Å². The van der Waals surface area contributed by atoms with Gasteiger partial charge in [-0.1, -0.05) is 20.8 Å². The van der Waals surface area contributed by atoms with Crippen molar-refractivity contribution in [3.8, 4) is 0 Å². The highest BCUT2D eigenvalue weighted by Crippen LogP contribution is 2.24. The molecule has 1 aromatic rings. The molecule has 0 aliphatic carbocycles. The Hall–Kier alpha value is -1.03. The van der Waals surface area contributed by atoms with Crippen molar-refractivity contribution in [3.63, 3.8) is 0 Å². The standard InChI is InChI=1S/C13H24N4/c1-13(2,3)11-8-12(14)17(16-11)9-10-4-6-15-7-5-10/h8,10,15H,4-7,9,14H2,1-3H3. The van der Waals surface area contributed by atoms with Gasteiger partial charge in [0, 0.05) is 18.0 Å². The van der Waals surface area contributed by atoms with Gasteiger partial charge in [-0.05, 0) is 31.8 Å². The van der Waals surface area contributed by atoms with Crippen LogP contribution in [0.2, 0.25) is 0 Å². The summed E-state index contributed by atoms with van der Waals surface area (Å²) < 4.78 is 1.98. The van der Waals surface area contributed by atoms with E-state index in [9.17, 15) is 0 Å². The predicted octanol–water partition coefficient (Wildman–Crippen LogP) is 1.76. The molecule has 4 heteroatoms. The Morgan fingerprint density at radius 2 is 2.06 bits per heavy atom. The smallest absolute Gasteiger partial charge is 0.121 e. The number of nitrogen functional groups attached to an aromatic ring is 1. The number of nitrogens with one attached hydrogen (secondary N) is 1. The summed E-state index contributed by atoms with van der Waals surface area (Å²) in [5, 5.41) is 8.03. The van der Waals surface area contributed by atoms with Gasteiger partial charge in [0.1, 0.15) is 5.82 Å². The van der Waals surface area contributed by atoms with Crippen molar-refractivity contribution < 1.29 is 0 Å².